The molecule has 0 bridgehead atoms. The summed E-state index contributed by atoms with van der Waals surface area (Å²) in [5.74, 6) is -0.277. The molecular weight excluding hydrogens is 228 g/mol. The average Bonchev–Trinajstić information content (AvgIpc) is 2.39. The fraction of sp³-hybridized carbons (Fsp3) is 0.143. The van der Waals surface area contributed by atoms with Crippen LogP contribution in [0.1, 0.15) is 15.9 Å². The first-order chi connectivity index (χ1) is 8.68. The number of pyridine rings is 1. The van der Waals surface area contributed by atoms with E-state index < -0.39 is 0 Å². The van der Waals surface area contributed by atoms with Crippen molar-refractivity contribution in [2.24, 2.45) is 0 Å². The van der Waals surface area contributed by atoms with Crippen molar-refractivity contribution in [2.45, 2.75) is 6.54 Å². The van der Waals surface area contributed by atoms with Crippen LogP contribution in [0.25, 0.3) is 0 Å². The Balaban J connectivity index is 2.15. The minimum absolute atomic E-state index is 0.163. The Morgan fingerprint density at radius 1 is 1.17 bits per heavy atom. The van der Waals surface area contributed by atoms with Gasteiger partial charge in [0, 0.05) is 19.8 Å². The number of nitrogens with one attached hydrogen (secondary N) is 1. The number of H-pyrrole nitrogens is 1. The van der Waals surface area contributed by atoms with Crippen LogP contribution < -0.4 is 5.56 Å². The highest BCUT2D eigenvalue weighted by atomic mass is 16.2. The second kappa shape index (κ2) is 5.31. The van der Waals surface area contributed by atoms with Gasteiger partial charge in [-0.1, -0.05) is 30.3 Å². The number of carbonyl (C=O) groups excluding carboxylic acids is 1. The Morgan fingerprint density at radius 2 is 1.89 bits per heavy atom. The van der Waals surface area contributed by atoms with E-state index in [4.69, 9.17) is 0 Å². The molecule has 1 amide bonds. The minimum atomic E-state index is -0.359. The van der Waals surface area contributed by atoms with E-state index in [0.717, 1.165) is 5.56 Å². The Morgan fingerprint density at radius 3 is 2.56 bits per heavy atom. The predicted molar refractivity (Wildman–Crippen MR) is 69.3 cm³/mol. The summed E-state index contributed by atoms with van der Waals surface area (Å²) in [5, 5.41) is 0. The zero-order valence-electron chi connectivity index (χ0n) is 10.1. The highest BCUT2D eigenvalue weighted by Gasteiger charge is 2.14. The number of hydrogen-bond donors (Lipinski definition) is 1. The van der Waals surface area contributed by atoms with Crippen LogP contribution in [-0.2, 0) is 6.54 Å². The molecule has 0 unspecified atom stereocenters. The summed E-state index contributed by atoms with van der Waals surface area (Å²) in [6.45, 7) is 0.480. The molecular formula is C14H14N2O2. The largest absolute Gasteiger partial charge is 0.337 e. The molecule has 0 fully saturated rings. The molecule has 92 valence electrons. The van der Waals surface area contributed by atoms with Crippen LogP contribution in [-0.4, -0.2) is 22.8 Å². The summed E-state index contributed by atoms with van der Waals surface area (Å²) >= 11 is 0. The molecule has 4 heteroatoms. The maximum Gasteiger partial charge on any atom is 0.260 e. The Hall–Kier alpha value is -2.36. The molecule has 0 saturated heterocycles. The number of rotatable bonds is 3. The van der Waals surface area contributed by atoms with E-state index in [1.165, 1.54) is 17.2 Å². The van der Waals surface area contributed by atoms with Crippen LogP contribution in [0, 0.1) is 0 Å². The normalized spacial score (nSPS) is 10.1. The zero-order chi connectivity index (χ0) is 13.0. The summed E-state index contributed by atoms with van der Waals surface area (Å²) in [6.07, 6.45) is 1.51. The number of aromatic amines is 1. The standard InChI is InChI=1S/C14H14N2O2/c1-16(10-11-6-3-2-4-7-11)14(18)12-8-5-9-15-13(12)17/h2-9H,10H2,1H3,(H,15,17). The molecule has 1 aromatic carbocycles. The zero-order valence-corrected chi connectivity index (χ0v) is 10.1. The molecule has 18 heavy (non-hydrogen) atoms. The van der Waals surface area contributed by atoms with E-state index in [1.807, 2.05) is 30.3 Å². The Bertz CT molecular complexity index is 590. The molecule has 1 aromatic heterocycles. The summed E-state index contributed by atoms with van der Waals surface area (Å²) in [6, 6.07) is 12.8. The van der Waals surface area contributed by atoms with Gasteiger partial charge in [0.2, 0.25) is 0 Å². The van der Waals surface area contributed by atoms with Gasteiger partial charge in [0.25, 0.3) is 11.5 Å². The maximum atomic E-state index is 12.1. The van der Waals surface area contributed by atoms with Crippen molar-refractivity contribution >= 4 is 5.91 Å². The molecule has 0 radical (unpaired) electrons. The van der Waals surface area contributed by atoms with Gasteiger partial charge in [-0.15, -0.1) is 0 Å². The molecule has 0 atom stereocenters. The summed E-state index contributed by atoms with van der Waals surface area (Å²) < 4.78 is 0. The van der Waals surface area contributed by atoms with Crippen LogP contribution >= 0.6 is 0 Å². The third kappa shape index (κ3) is 2.66. The molecule has 2 rings (SSSR count). The molecule has 2 aromatic rings. The second-order valence-electron chi connectivity index (χ2n) is 4.06. The fourth-order valence-corrected chi connectivity index (χ4v) is 1.72. The van der Waals surface area contributed by atoms with Crippen LogP contribution in [0.4, 0.5) is 0 Å². The van der Waals surface area contributed by atoms with Crippen LogP contribution in [0.15, 0.2) is 53.5 Å². The Labute approximate surface area is 105 Å². The number of hydrogen-bond acceptors (Lipinski definition) is 2. The summed E-state index contributed by atoms with van der Waals surface area (Å²) in [5.41, 5.74) is 0.832. The van der Waals surface area contributed by atoms with Gasteiger partial charge >= 0.3 is 0 Å². The molecule has 1 N–H and O–H groups in total. The van der Waals surface area contributed by atoms with Gasteiger partial charge in [0.05, 0.1) is 0 Å². The molecule has 0 aliphatic heterocycles. The van der Waals surface area contributed by atoms with E-state index in [-0.39, 0.29) is 17.0 Å². The highest BCUT2D eigenvalue weighted by Crippen LogP contribution is 2.05. The van der Waals surface area contributed by atoms with Crippen molar-refractivity contribution in [2.75, 3.05) is 7.05 Å². The van der Waals surface area contributed by atoms with Crippen molar-refractivity contribution in [1.82, 2.24) is 9.88 Å². The van der Waals surface area contributed by atoms with Crippen LogP contribution in [0.3, 0.4) is 0 Å². The first-order valence-electron chi connectivity index (χ1n) is 5.65. The SMILES string of the molecule is CN(Cc1ccccc1)C(=O)c1ccc[nH]c1=O. The van der Waals surface area contributed by atoms with Gasteiger partial charge in [-0.2, -0.15) is 0 Å². The van der Waals surface area contributed by atoms with Gasteiger partial charge in [0.15, 0.2) is 0 Å². The van der Waals surface area contributed by atoms with E-state index in [2.05, 4.69) is 4.98 Å². The predicted octanol–water partition coefficient (Wildman–Crippen LogP) is 1.65. The molecule has 4 nitrogen and oxygen atoms in total. The monoisotopic (exact) mass is 242 g/mol. The van der Waals surface area contributed by atoms with Crippen molar-refractivity contribution in [3.63, 3.8) is 0 Å². The molecule has 1 heterocycles. The van der Waals surface area contributed by atoms with Gasteiger partial charge in [-0.05, 0) is 17.7 Å². The van der Waals surface area contributed by atoms with E-state index in [1.54, 1.807) is 13.1 Å². The topological polar surface area (TPSA) is 53.2 Å². The number of nitrogens with zero attached hydrogens (tertiary/aromatic N) is 1. The number of amides is 1. The van der Waals surface area contributed by atoms with Crippen LogP contribution in [0.2, 0.25) is 0 Å². The van der Waals surface area contributed by atoms with Crippen molar-refractivity contribution in [3.05, 3.63) is 70.1 Å². The third-order valence-corrected chi connectivity index (χ3v) is 2.66. The maximum absolute atomic E-state index is 12.1. The highest BCUT2D eigenvalue weighted by molar-refractivity contribution is 5.93. The van der Waals surface area contributed by atoms with Crippen LogP contribution in [0.5, 0.6) is 0 Å². The van der Waals surface area contributed by atoms with E-state index in [0.29, 0.717) is 6.54 Å². The number of benzene rings is 1. The quantitative estimate of drug-likeness (QED) is 0.889. The smallest absolute Gasteiger partial charge is 0.260 e. The summed E-state index contributed by atoms with van der Waals surface area (Å²) in [7, 11) is 1.68. The van der Waals surface area contributed by atoms with Gasteiger partial charge in [0.1, 0.15) is 5.56 Å². The van der Waals surface area contributed by atoms with Gasteiger partial charge in [-0.25, -0.2) is 0 Å². The van der Waals surface area contributed by atoms with Gasteiger partial charge in [-0.3, -0.25) is 9.59 Å². The van der Waals surface area contributed by atoms with Crippen molar-refractivity contribution < 1.29 is 4.79 Å². The fourth-order valence-electron chi connectivity index (χ4n) is 1.72. The number of carbonyl (C=O) groups is 1. The lowest BCUT2D eigenvalue weighted by molar-refractivity contribution is 0.0783. The van der Waals surface area contributed by atoms with E-state index in [9.17, 15) is 9.59 Å². The Kier molecular flexibility index (Phi) is 3.57. The lowest BCUT2D eigenvalue weighted by atomic mass is 10.2. The molecule has 0 saturated carbocycles. The molecule has 0 aliphatic carbocycles. The minimum Gasteiger partial charge on any atom is -0.337 e. The molecule has 0 spiro atoms. The second-order valence-corrected chi connectivity index (χ2v) is 4.06. The summed E-state index contributed by atoms with van der Waals surface area (Å²) in [4.78, 5) is 27.6. The first-order valence-corrected chi connectivity index (χ1v) is 5.65. The first kappa shape index (κ1) is 12.1. The third-order valence-electron chi connectivity index (χ3n) is 2.66. The molecule has 0 aliphatic rings. The van der Waals surface area contributed by atoms with Crippen molar-refractivity contribution in [3.8, 4) is 0 Å². The number of aromatic nitrogens is 1. The average molecular weight is 242 g/mol. The lowest BCUT2D eigenvalue weighted by Gasteiger charge is -2.16. The van der Waals surface area contributed by atoms with E-state index >= 15 is 0 Å². The lowest BCUT2D eigenvalue weighted by Crippen LogP contribution is -2.31. The van der Waals surface area contributed by atoms with Crippen molar-refractivity contribution in [1.29, 1.82) is 0 Å². The van der Waals surface area contributed by atoms with Gasteiger partial charge < -0.3 is 9.88 Å².